The minimum absolute atomic E-state index is 0.586. The molecule has 0 aromatic carbocycles. The number of aromatic nitrogens is 2. The normalized spacial score (nSPS) is 20.6. The van der Waals surface area contributed by atoms with Gasteiger partial charge in [-0.15, -0.1) is 0 Å². The van der Waals surface area contributed by atoms with E-state index in [0.717, 1.165) is 49.7 Å². The number of hydrazine groups is 1. The lowest BCUT2D eigenvalue weighted by Gasteiger charge is -2.40. The molecule has 19 heavy (non-hydrogen) atoms. The van der Waals surface area contributed by atoms with Crippen molar-refractivity contribution in [3.63, 3.8) is 0 Å². The lowest BCUT2D eigenvalue weighted by atomic mass is 10.1. The Kier molecular flexibility index (Phi) is 4.55. The zero-order chi connectivity index (χ0) is 13.8. The summed E-state index contributed by atoms with van der Waals surface area (Å²) in [4.78, 5) is 13.4. The van der Waals surface area contributed by atoms with E-state index in [1.54, 1.807) is 6.33 Å². The van der Waals surface area contributed by atoms with E-state index in [1.165, 1.54) is 0 Å². The average Bonchev–Trinajstić information content (AvgIpc) is 2.46. The summed E-state index contributed by atoms with van der Waals surface area (Å²) in [6.45, 7) is 7.42. The molecule has 0 amide bonds. The highest BCUT2D eigenvalue weighted by atomic mass is 15.3. The van der Waals surface area contributed by atoms with Crippen LogP contribution in [0.25, 0.3) is 0 Å². The van der Waals surface area contributed by atoms with Crippen LogP contribution >= 0.6 is 0 Å². The summed E-state index contributed by atoms with van der Waals surface area (Å²) in [5.74, 6) is 7.29. The van der Waals surface area contributed by atoms with Crippen molar-refractivity contribution >= 4 is 11.6 Å². The number of piperazine rings is 1. The van der Waals surface area contributed by atoms with Crippen LogP contribution in [0.15, 0.2) is 6.33 Å². The van der Waals surface area contributed by atoms with Crippen molar-refractivity contribution in [2.24, 2.45) is 5.84 Å². The molecule has 0 spiro atoms. The van der Waals surface area contributed by atoms with Crippen molar-refractivity contribution in [1.29, 1.82) is 0 Å². The molecule has 2 rings (SSSR count). The first-order valence-electron chi connectivity index (χ1n) is 6.96. The average molecular weight is 264 g/mol. The molecule has 1 aromatic heterocycles. The van der Waals surface area contributed by atoms with Gasteiger partial charge < -0.3 is 10.3 Å². The lowest BCUT2D eigenvalue weighted by Crippen LogP contribution is -2.51. The van der Waals surface area contributed by atoms with Gasteiger partial charge in [0.05, 0.1) is 0 Å². The number of nitrogens with zero attached hydrogens (tertiary/aromatic N) is 4. The molecule has 1 fully saturated rings. The molecule has 0 aliphatic carbocycles. The Morgan fingerprint density at radius 2 is 2.16 bits per heavy atom. The van der Waals surface area contributed by atoms with E-state index in [0.29, 0.717) is 6.04 Å². The number of nitrogens with one attached hydrogen (secondary N) is 1. The third kappa shape index (κ3) is 2.79. The summed E-state index contributed by atoms with van der Waals surface area (Å²) in [7, 11) is 2.19. The minimum atomic E-state index is 0.586. The van der Waals surface area contributed by atoms with Gasteiger partial charge in [-0.3, -0.25) is 4.90 Å². The van der Waals surface area contributed by atoms with Crippen molar-refractivity contribution in [2.45, 2.75) is 32.7 Å². The quantitative estimate of drug-likeness (QED) is 0.621. The minimum Gasteiger partial charge on any atom is -0.353 e. The molecule has 2 heterocycles. The summed E-state index contributed by atoms with van der Waals surface area (Å²) in [5.41, 5.74) is 3.77. The van der Waals surface area contributed by atoms with Crippen LogP contribution in [0.3, 0.4) is 0 Å². The van der Waals surface area contributed by atoms with Gasteiger partial charge in [-0.25, -0.2) is 15.8 Å². The van der Waals surface area contributed by atoms with Gasteiger partial charge in [0.15, 0.2) is 0 Å². The molecular formula is C13H24N6. The van der Waals surface area contributed by atoms with Gasteiger partial charge in [0, 0.05) is 31.2 Å². The van der Waals surface area contributed by atoms with Crippen molar-refractivity contribution < 1.29 is 0 Å². The van der Waals surface area contributed by atoms with Gasteiger partial charge in [-0.2, -0.15) is 0 Å². The van der Waals surface area contributed by atoms with Crippen LogP contribution in [0.2, 0.25) is 0 Å². The summed E-state index contributed by atoms with van der Waals surface area (Å²) in [6, 6.07) is 0.586. The SMILES string of the molecule is CCc1c(NN)ncnc1N1CCN(C)C(CC)C1. The Morgan fingerprint density at radius 1 is 1.37 bits per heavy atom. The van der Waals surface area contributed by atoms with E-state index in [-0.39, 0.29) is 0 Å². The molecule has 0 bridgehead atoms. The standard InChI is InChI=1S/C13H24N6/c1-4-10-8-19(7-6-18(10)3)13-11(5-2)12(17-14)15-9-16-13/h9-10H,4-8,14H2,1-3H3,(H,15,16,17). The number of hydrogen-bond acceptors (Lipinski definition) is 6. The highest BCUT2D eigenvalue weighted by Gasteiger charge is 2.25. The van der Waals surface area contributed by atoms with E-state index in [9.17, 15) is 0 Å². The van der Waals surface area contributed by atoms with E-state index in [4.69, 9.17) is 5.84 Å². The summed E-state index contributed by atoms with van der Waals surface area (Å²) >= 11 is 0. The van der Waals surface area contributed by atoms with Gasteiger partial charge in [0.25, 0.3) is 0 Å². The van der Waals surface area contributed by atoms with Crippen LogP contribution < -0.4 is 16.2 Å². The molecule has 1 saturated heterocycles. The predicted octanol–water partition coefficient (Wildman–Crippen LogP) is 0.855. The fourth-order valence-electron chi connectivity index (χ4n) is 2.70. The second-order valence-electron chi connectivity index (χ2n) is 5.01. The van der Waals surface area contributed by atoms with Crippen LogP contribution in [0.4, 0.5) is 11.6 Å². The molecular weight excluding hydrogens is 240 g/mol. The monoisotopic (exact) mass is 264 g/mol. The van der Waals surface area contributed by atoms with Crippen molar-refractivity contribution in [3.05, 3.63) is 11.9 Å². The lowest BCUT2D eigenvalue weighted by molar-refractivity contribution is 0.212. The molecule has 1 aromatic rings. The second kappa shape index (κ2) is 6.16. The molecule has 6 nitrogen and oxygen atoms in total. The van der Waals surface area contributed by atoms with Crippen LogP contribution in [0.5, 0.6) is 0 Å². The molecule has 3 N–H and O–H groups in total. The molecule has 106 valence electrons. The van der Waals surface area contributed by atoms with Crippen LogP contribution in [0, 0.1) is 0 Å². The Bertz CT molecular complexity index is 422. The fourth-order valence-corrected chi connectivity index (χ4v) is 2.70. The zero-order valence-electron chi connectivity index (χ0n) is 12.1. The summed E-state index contributed by atoms with van der Waals surface area (Å²) < 4.78 is 0. The fraction of sp³-hybridized carbons (Fsp3) is 0.692. The smallest absolute Gasteiger partial charge is 0.148 e. The Labute approximate surface area is 115 Å². The first-order chi connectivity index (χ1) is 9.21. The van der Waals surface area contributed by atoms with E-state index in [2.05, 4.69) is 46.1 Å². The summed E-state index contributed by atoms with van der Waals surface area (Å²) in [6.07, 6.45) is 3.61. The van der Waals surface area contributed by atoms with Gasteiger partial charge in [-0.05, 0) is 19.9 Å². The number of hydrogen-bond donors (Lipinski definition) is 2. The highest BCUT2D eigenvalue weighted by Crippen LogP contribution is 2.25. The second-order valence-corrected chi connectivity index (χ2v) is 5.01. The molecule has 1 aliphatic rings. The van der Waals surface area contributed by atoms with Crippen LogP contribution in [-0.2, 0) is 6.42 Å². The van der Waals surface area contributed by atoms with E-state index >= 15 is 0 Å². The Morgan fingerprint density at radius 3 is 2.79 bits per heavy atom. The van der Waals surface area contributed by atoms with Crippen molar-refractivity contribution in [3.8, 4) is 0 Å². The maximum absolute atomic E-state index is 5.53. The van der Waals surface area contributed by atoms with Crippen LogP contribution in [-0.4, -0.2) is 47.6 Å². The van der Waals surface area contributed by atoms with Gasteiger partial charge >= 0.3 is 0 Å². The Hall–Kier alpha value is -1.40. The molecule has 1 aliphatic heterocycles. The topological polar surface area (TPSA) is 70.3 Å². The maximum Gasteiger partial charge on any atom is 0.148 e. The third-order valence-corrected chi connectivity index (χ3v) is 3.96. The number of likely N-dealkylation sites (N-methyl/N-ethyl adjacent to an activating group) is 1. The molecule has 0 radical (unpaired) electrons. The zero-order valence-corrected chi connectivity index (χ0v) is 12.1. The Balaban J connectivity index is 2.26. The first kappa shape index (κ1) is 14.0. The maximum atomic E-state index is 5.53. The molecule has 0 saturated carbocycles. The predicted molar refractivity (Wildman–Crippen MR) is 78.1 cm³/mol. The van der Waals surface area contributed by atoms with E-state index in [1.807, 2.05) is 0 Å². The number of nitrogens with two attached hydrogens (primary N) is 1. The van der Waals surface area contributed by atoms with Gasteiger partial charge in [0.2, 0.25) is 0 Å². The number of nitrogen functional groups attached to an aromatic ring is 1. The molecule has 6 heteroatoms. The highest BCUT2D eigenvalue weighted by molar-refractivity contribution is 5.58. The first-order valence-corrected chi connectivity index (χ1v) is 6.96. The molecule has 1 unspecified atom stereocenters. The largest absolute Gasteiger partial charge is 0.353 e. The van der Waals surface area contributed by atoms with Gasteiger partial charge in [-0.1, -0.05) is 13.8 Å². The van der Waals surface area contributed by atoms with Gasteiger partial charge in [0.1, 0.15) is 18.0 Å². The van der Waals surface area contributed by atoms with Crippen molar-refractivity contribution in [1.82, 2.24) is 14.9 Å². The summed E-state index contributed by atoms with van der Waals surface area (Å²) in [5, 5.41) is 0. The van der Waals surface area contributed by atoms with E-state index < -0.39 is 0 Å². The van der Waals surface area contributed by atoms with Crippen LogP contribution in [0.1, 0.15) is 25.8 Å². The number of anilines is 2. The number of rotatable bonds is 4. The van der Waals surface area contributed by atoms with Crippen molar-refractivity contribution in [2.75, 3.05) is 37.0 Å². The molecule has 1 atom stereocenters. The third-order valence-electron chi connectivity index (χ3n) is 3.96.